The highest BCUT2D eigenvalue weighted by Gasteiger charge is 2.19. The standard InChI is InChI=1S/C19H23ClN2O/c20-17-8-4-5-9-18(17)22-14-12-21(13-15-22)11-10-19(23)16-6-2-1-3-7-16/h1-9,19,23H,10-15H2/t19-/m0/s1. The Balaban J connectivity index is 1.47. The maximum Gasteiger partial charge on any atom is 0.0802 e. The SMILES string of the molecule is O[C@@H](CCN1CCN(c2ccccc2Cl)CC1)c1ccccc1. The number of nitrogens with zero attached hydrogens (tertiary/aromatic N) is 2. The predicted octanol–water partition coefficient (Wildman–Crippen LogP) is 3.59. The third-order valence-electron chi connectivity index (χ3n) is 4.47. The van der Waals surface area contributed by atoms with Crippen molar-refractivity contribution in [2.24, 2.45) is 0 Å². The van der Waals surface area contributed by atoms with Crippen LogP contribution >= 0.6 is 11.6 Å². The van der Waals surface area contributed by atoms with Gasteiger partial charge in [-0.15, -0.1) is 0 Å². The minimum Gasteiger partial charge on any atom is -0.388 e. The van der Waals surface area contributed by atoms with E-state index in [0.29, 0.717) is 0 Å². The minimum absolute atomic E-state index is 0.377. The molecule has 3 nitrogen and oxygen atoms in total. The molecule has 3 rings (SSSR count). The van der Waals surface area contributed by atoms with Gasteiger partial charge in [0.1, 0.15) is 0 Å². The molecule has 0 unspecified atom stereocenters. The molecule has 2 aromatic rings. The fraction of sp³-hybridized carbons (Fsp3) is 0.368. The van der Waals surface area contributed by atoms with E-state index in [1.165, 1.54) is 0 Å². The maximum atomic E-state index is 10.3. The van der Waals surface area contributed by atoms with E-state index in [1.807, 2.05) is 48.5 Å². The Hall–Kier alpha value is -1.55. The van der Waals surface area contributed by atoms with E-state index < -0.39 is 0 Å². The molecule has 1 fully saturated rings. The van der Waals surface area contributed by atoms with Crippen LogP contribution in [0.4, 0.5) is 5.69 Å². The summed E-state index contributed by atoms with van der Waals surface area (Å²) in [6.07, 6.45) is 0.397. The van der Waals surface area contributed by atoms with E-state index in [4.69, 9.17) is 11.6 Å². The van der Waals surface area contributed by atoms with E-state index in [1.54, 1.807) is 0 Å². The van der Waals surface area contributed by atoms with Gasteiger partial charge in [-0.2, -0.15) is 0 Å². The molecule has 0 bridgehead atoms. The van der Waals surface area contributed by atoms with E-state index in [-0.39, 0.29) is 6.10 Å². The van der Waals surface area contributed by atoms with Gasteiger partial charge < -0.3 is 10.0 Å². The second-order valence-electron chi connectivity index (χ2n) is 6.00. The van der Waals surface area contributed by atoms with Crippen molar-refractivity contribution < 1.29 is 5.11 Å². The van der Waals surface area contributed by atoms with Crippen LogP contribution in [0.1, 0.15) is 18.1 Å². The number of aliphatic hydroxyl groups excluding tert-OH is 1. The van der Waals surface area contributed by atoms with Crippen LogP contribution in [-0.2, 0) is 0 Å². The molecule has 0 amide bonds. The lowest BCUT2D eigenvalue weighted by molar-refractivity contribution is 0.139. The zero-order valence-corrected chi connectivity index (χ0v) is 14.0. The zero-order valence-electron chi connectivity index (χ0n) is 13.2. The average Bonchev–Trinajstić information content (AvgIpc) is 2.61. The van der Waals surface area contributed by atoms with Gasteiger partial charge in [0, 0.05) is 32.7 Å². The zero-order chi connectivity index (χ0) is 16.1. The molecule has 0 radical (unpaired) electrons. The summed E-state index contributed by atoms with van der Waals surface area (Å²) < 4.78 is 0. The number of para-hydroxylation sites is 1. The van der Waals surface area contributed by atoms with Crippen molar-refractivity contribution in [1.82, 2.24) is 4.90 Å². The predicted molar refractivity (Wildman–Crippen MR) is 96.1 cm³/mol. The van der Waals surface area contributed by atoms with Gasteiger partial charge >= 0.3 is 0 Å². The van der Waals surface area contributed by atoms with Gasteiger partial charge in [-0.3, -0.25) is 4.90 Å². The van der Waals surface area contributed by atoms with E-state index >= 15 is 0 Å². The molecule has 0 aromatic heterocycles. The van der Waals surface area contributed by atoms with E-state index in [0.717, 1.165) is 55.4 Å². The fourth-order valence-electron chi connectivity index (χ4n) is 3.07. The summed E-state index contributed by atoms with van der Waals surface area (Å²) in [6, 6.07) is 17.9. The number of benzene rings is 2. The Morgan fingerprint density at radius 3 is 2.26 bits per heavy atom. The van der Waals surface area contributed by atoms with Gasteiger partial charge in [-0.25, -0.2) is 0 Å². The molecule has 1 aliphatic rings. The van der Waals surface area contributed by atoms with Gasteiger partial charge in [0.15, 0.2) is 0 Å². The van der Waals surface area contributed by atoms with Gasteiger partial charge in [0.2, 0.25) is 0 Å². The monoisotopic (exact) mass is 330 g/mol. The summed E-state index contributed by atoms with van der Waals surface area (Å²) in [5.41, 5.74) is 2.13. The van der Waals surface area contributed by atoms with Crippen LogP contribution in [0.3, 0.4) is 0 Å². The number of hydrogen-bond donors (Lipinski definition) is 1. The normalized spacial score (nSPS) is 17.2. The number of halogens is 1. The molecule has 0 aliphatic carbocycles. The first kappa shape index (κ1) is 16.3. The van der Waals surface area contributed by atoms with Crippen LogP contribution in [0.2, 0.25) is 5.02 Å². The molecule has 122 valence electrons. The summed E-state index contributed by atoms with van der Waals surface area (Å²) >= 11 is 6.28. The van der Waals surface area contributed by atoms with Gasteiger partial charge in [-0.05, 0) is 24.1 Å². The molecule has 1 aliphatic heterocycles. The molecule has 1 N–H and O–H groups in total. The van der Waals surface area contributed by atoms with Crippen LogP contribution in [0.15, 0.2) is 54.6 Å². The lowest BCUT2D eigenvalue weighted by atomic mass is 10.1. The number of piperazine rings is 1. The van der Waals surface area contributed by atoms with Gasteiger partial charge in [-0.1, -0.05) is 54.1 Å². The first-order valence-electron chi connectivity index (χ1n) is 8.19. The van der Waals surface area contributed by atoms with E-state index in [9.17, 15) is 5.11 Å². The van der Waals surface area contributed by atoms with Crippen molar-refractivity contribution in [3.05, 3.63) is 65.2 Å². The highest BCUT2D eigenvalue weighted by atomic mass is 35.5. The van der Waals surface area contributed by atoms with Crippen LogP contribution < -0.4 is 4.90 Å². The lowest BCUT2D eigenvalue weighted by Gasteiger charge is -2.36. The highest BCUT2D eigenvalue weighted by Crippen LogP contribution is 2.26. The first-order valence-corrected chi connectivity index (χ1v) is 8.56. The van der Waals surface area contributed by atoms with E-state index in [2.05, 4.69) is 15.9 Å². The van der Waals surface area contributed by atoms with Crippen LogP contribution in [0, 0.1) is 0 Å². The second-order valence-corrected chi connectivity index (χ2v) is 6.40. The Labute approximate surface area is 143 Å². The number of hydrogen-bond acceptors (Lipinski definition) is 3. The van der Waals surface area contributed by atoms with Crippen molar-refractivity contribution in [3.63, 3.8) is 0 Å². The Kier molecular flexibility index (Phi) is 5.55. The Bertz CT molecular complexity index is 612. The molecular formula is C19H23ClN2O. The average molecular weight is 331 g/mol. The summed E-state index contributed by atoms with van der Waals surface area (Å²) in [4.78, 5) is 4.76. The van der Waals surface area contributed by atoms with Crippen LogP contribution in [0.5, 0.6) is 0 Å². The number of anilines is 1. The molecule has 1 saturated heterocycles. The van der Waals surface area contributed by atoms with Crippen molar-refractivity contribution in [2.45, 2.75) is 12.5 Å². The molecule has 4 heteroatoms. The number of rotatable bonds is 5. The molecule has 1 heterocycles. The Morgan fingerprint density at radius 2 is 1.57 bits per heavy atom. The fourth-order valence-corrected chi connectivity index (χ4v) is 3.32. The van der Waals surface area contributed by atoms with Crippen LogP contribution in [0.25, 0.3) is 0 Å². The molecule has 23 heavy (non-hydrogen) atoms. The first-order chi connectivity index (χ1) is 11.2. The van der Waals surface area contributed by atoms with Crippen LogP contribution in [-0.4, -0.2) is 42.7 Å². The summed E-state index contributed by atoms with van der Waals surface area (Å²) in [6.45, 7) is 4.89. The highest BCUT2D eigenvalue weighted by molar-refractivity contribution is 6.33. The Morgan fingerprint density at radius 1 is 0.913 bits per heavy atom. The summed E-state index contributed by atoms with van der Waals surface area (Å²) in [5.74, 6) is 0. The van der Waals surface area contributed by atoms with Gasteiger partial charge in [0.05, 0.1) is 16.8 Å². The minimum atomic E-state index is -0.377. The summed E-state index contributed by atoms with van der Waals surface area (Å²) in [5, 5.41) is 11.1. The molecular weight excluding hydrogens is 308 g/mol. The van der Waals surface area contributed by atoms with Crippen molar-refractivity contribution in [2.75, 3.05) is 37.6 Å². The third kappa shape index (κ3) is 4.25. The maximum absolute atomic E-state index is 10.3. The summed E-state index contributed by atoms with van der Waals surface area (Å²) in [7, 11) is 0. The molecule has 0 saturated carbocycles. The molecule has 0 spiro atoms. The smallest absolute Gasteiger partial charge is 0.0802 e. The second kappa shape index (κ2) is 7.82. The molecule has 2 aromatic carbocycles. The van der Waals surface area contributed by atoms with Crippen molar-refractivity contribution in [3.8, 4) is 0 Å². The van der Waals surface area contributed by atoms with Gasteiger partial charge in [0.25, 0.3) is 0 Å². The molecule has 1 atom stereocenters. The largest absolute Gasteiger partial charge is 0.388 e. The van der Waals surface area contributed by atoms with Crippen molar-refractivity contribution >= 4 is 17.3 Å². The lowest BCUT2D eigenvalue weighted by Crippen LogP contribution is -2.46. The quantitative estimate of drug-likeness (QED) is 0.907. The topological polar surface area (TPSA) is 26.7 Å². The number of aliphatic hydroxyl groups is 1. The van der Waals surface area contributed by atoms with Crippen molar-refractivity contribution in [1.29, 1.82) is 0 Å². The third-order valence-corrected chi connectivity index (χ3v) is 4.79.